The van der Waals surface area contributed by atoms with Gasteiger partial charge in [-0.1, -0.05) is 29.3 Å². The second-order valence-corrected chi connectivity index (χ2v) is 7.11. The van der Waals surface area contributed by atoms with Crippen molar-refractivity contribution in [3.63, 3.8) is 0 Å². The van der Waals surface area contributed by atoms with Crippen LogP contribution in [0.3, 0.4) is 0 Å². The first-order chi connectivity index (χ1) is 12.8. The summed E-state index contributed by atoms with van der Waals surface area (Å²) in [6.07, 6.45) is 1.69. The molecule has 0 saturated carbocycles. The van der Waals surface area contributed by atoms with Crippen molar-refractivity contribution in [3.05, 3.63) is 75.0 Å². The summed E-state index contributed by atoms with van der Waals surface area (Å²) in [6, 6.07) is 10.7. The summed E-state index contributed by atoms with van der Waals surface area (Å²) in [7, 11) is 0. The molecule has 0 aliphatic heterocycles. The van der Waals surface area contributed by atoms with Crippen molar-refractivity contribution in [2.75, 3.05) is 5.32 Å². The van der Waals surface area contributed by atoms with E-state index >= 15 is 0 Å². The van der Waals surface area contributed by atoms with Crippen LogP contribution in [0.15, 0.2) is 42.6 Å². The minimum atomic E-state index is -0.308. The van der Waals surface area contributed by atoms with Gasteiger partial charge in [-0.05, 0) is 67.8 Å². The first-order valence-corrected chi connectivity index (χ1v) is 9.09. The summed E-state index contributed by atoms with van der Waals surface area (Å²) in [6.45, 7) is 5.94. The molecule has 27 heavy (non-hydrogen) atoms. The van der Waals surface area contributed by atoms with Gasteiger partial charge in [0.15, 0.2) is 12.4 Å². The number of aryl methyl sites for hydroxylation is 3. The normalized spacial score (nSPS) is 10.7. The lowest BCUT2D eigenvalue weighted by Crippen LogP contribution is -2.15. The van der Waals surface area contributed by atoms with Crippen LogP contribution >= 0.6 is 23.2 Å². The van der Waals surface area contributed by atoms with Crippen LogP contribution < -0.4 is 10.1 Å². The van der Waals surface area contributed by atoms with E-state index in [2.05, 4.69) is 10.4 Å². The Hall–Kier alpha value is -2.50. The monoisotopic (exact) mass is 403 g/mol. The summed E-state index contributed by atoms with van der Waals surface area (Å²) in [5, 5.41) is 8.37. The van der Waals surface area contributed by atoms with Gasteiger partial charge in [-0.15, -0.1) is 0 Å². The number of hydrogen-bond donors (Lipinski definition) is 1. The van der Waals surface area contributed by atoms with Gasteiger partial charge in [0.1, 0.15) is 5.75 Å². The average molecular weight is 404 g/mol. The van der Waals surface area contributed by atoms with E-state index in [9.17, 15) is 4.79 Å². The van der Waals surface area contributed by atoms with Crippen LogP contribution in [0, 0.1) is 20.8 Å². The quantitative estimate of drug-likeness (QED) is 0.619. The molecule has 1 N–H and O–H groups in total. The molecule has 0 fully saturated rings. The Morgan fingerprint density at radius 2 is 1.78 bits per heavy atom. The second-order valence-electron chi connectivity index (χ2n) is 6.30. The van der Waals surface area contributed by atoms with E-state index in [-0.39, 0.29) is 12.6 Å². The van der Waals surface area contributed by atoms with Crippen LogP contribution in [-0.2, 0) is 6.73 Å². The van der Waals surface area contributed by atoms with Gasteiger partial charge in [0.05, 0.1) is 0 Å². The number of rotatable bonds is 5. The predicted molar refractivity (Wildman–Crippen MR) is 108 cm³/mol. The molecular formula is C20H19Cl2N3O2. The number of carbonyl (C=O) groups excluding carboxylic acids is 1. The van der Waals surface area contributed by atoms with Crippen molar-refractivity contribution in [3.8, 4) is 5.75 Å². The van der Waals surface area contributed by atoms with Gasteiger partial charge in [-0.2, -0.15) is 5.10 Å². The Labute approximate surface area is 167 Å². The molecule has 0 bridgehead atoms. The van der Waals surface area contributed by atoms with Gasteiger partial charge in [0.25, 0.3) is 5.91 Å². The molecule has 0 aliphatic rings. The zero-order valence-electron chi connectivity index (χ0n) is 15.2. The summed E-state index contributed by atoms with van der Waals surface area (Å²) in [4.78, 5) is 12.4. The number of hydrogen-bond acceptors (Lipinski definition) is 3. The summed E-state index contributed by atoms with van der Waals surface area (Å²) in [5.74, 6) is 0.391. The number of anilines is 1. The Bertz CT molecular complexity index is 976. The molecule has 0 atom stereocenters. The fourth-order valence-electron chi connectivity index (χ4n) is 2.60. The van der Waals surface area contributed by atoms with Crippen molar-refractivity contribution in [1.29, 1.82) is 0 Å². The first kappa shape index (κ1) is 19.3. The minimum Gasteiger partial charge on any atom is -0.471 e. The molecule has 1 aromatic heterocycles. The molecule has 0 radical (unpaired) electrons. The molecule has 3 aromatic rings. The zero-order valence-corrected chi connectivity index (χ0v) is 16.7. The van der Waals surface area contributed by atoms with Crippen molar-refractivity contribution in [1.82, 2.24) is 9.78 Å². The van der Waals surface area contributed by atoms with E-state index in [0.29, 0.717) is 22.2 Å². The Kier molecular flexibility index (Phi) is 5.73. The lowest BCUT2D eigenvalue weighted by Gasteiger charge is -2.10. The smallest absolute Gasteiger partial charge is 0.276 e. The van der Waals surface area contributed by atoms with Crippen LogP contribution in [0.1, 0.15) is 27.2 Å². The average Bonchev–Trinajstić information content (AvgIpc) is 3.10. The number of benzene rings is 2. The Balaban J connectivity index is 1.66. The maximum atomic E-state index is 12.4. The number of amides is 1. The van der Waals surface area contributed by atoms with E-state index in [1.165, 1.54) is 0 Å². The van der Waals surface area contributed by atoms with Gasteiger partial charge in [0, 0.05) is 21.9 Å². The van der Waals surface area contributed by atoms with Gasteiger partial charge in [0.2, 0.25) is 0 Å². The summed E-state index contributed by atoms with van der Waals surface area (Å²) in [5.41, 5.74) is 3.77. The number of ether oxygens (including phenoxy) is 1. The summed E-state index contributed by atoms with van der Waals surface area (Å²) >= 11 is 12.2. The maximum absolute atomic E-state index is 12.4. The van der Waals surface area contributed by atoms with Crippen molar-refractivity contribution >= 4 is 34.8 Å². The number of nitrogens with zero attached hydrogens (tertiary/aromatic N) is 2. The molecule has 0 spiro atoms. The molecule has 1 heterocycles. The second kappa shape index (κ2) is 8.03. The zero-order chi connectivity index (χ0) is 19.6. The van der Waals surface area contributed by atoms with Gasteiger partial charge in [-0.25, -0.2) is 4.68 Å². The third-order valence-electron chi connectivity index (χ3n) is 4.09. The Morgan fingerprint density at radius 3 is 2.48 bits per heavy atom. The molecule has 2 aromatic carbocycles. The van der Waals surface area contributed by atoms with Crippen LogP contribution in [0.2, 0.25) is 10.0 Å². The molecule has 1 amide bonds. The molecular weight excluding hydrogens is 385 g/mol. The van der Waals surface area contributed by atoms with Gasteiger partial charge in [-0.3, -0.25) is 4.79 Å². The molecule has 0 unspecified atom stereocenters. The largest absolute Gasteiger partial charge is 0.471 e. The van der Waals surface area contributed by atoms with Gasteiger partial charge >= 0.3 is 0 Å². The highest BCUT2D eigenvalue weighted by Crippen LogP contribution is 2.26. The number of aromatic nitrogens is 2. The van der Waals surface area contributed by atoms with Crippen molar-refractivity contribution in [2.24, 2.45) is 0 Å². The van der Waals surface area contributed by atoms with E-state index < -0.39 is 0 Å². The SMILES string of the molecule is Cc1ccc(Cl)cc1NC(=O)c1ccn(COc2cc(C)c(Cl)c(C)c2)n1. The van der Waals surface area contributed by atoms with Crippen molar-refractivity contribution < 1.29 is 9.53 Å². The fourth-order valence-corrected chi connectivity index (χ4v) is 2.88. The highest BCUT2D eigenvalue weighted by Gasteiger charge is 2.12. The first-order valence-electron chi connectivity index (χ1n) is 8.34. The van der Waals surface area contributed by atoms with E-state index in [4.69, 9.17) is 27.9 Å². The fraction of sp³-hybridized carbons (Fsp3) is 0.200. The molecule has 0 aliphatic carbocycles. The molecule has 7 heteroatoms. The van der Waals surface area contributed by atoms with E-state index in [0.717, 1.165) is 21.7 Å². The van der Waals surface area contributed by atoms with E-state index in [1.807, 2.05) is 39.0 Å². The summed E-state index contributed by atoms with van der Waals surface area (Å²) < 4.78 is 7.30. The lowest BCUT2D eigenvalue weighted by molar-refractivity contribution is 0.102. The third kappa shape index (κ3) is 4.62. The predicted octanol–water partition coefficient (Wildman–Crippen LogP) is 5.40. The topological polar surface area (TPSA) is 56.2 Å². The maximum Gasteiger partial charge on any atom is 0.276 e. The number of halogens is 2. The highest BCUT2D eigenvalue weighted by molar-refractivity contribution is 6.32. The molecule has 140 valence electrons. The van der Waals surface area contributed by atoms with Crippen LogP contribution in [0.25, 0.3) is 0 Å². The molecule has 5 nitrogen and oxygen atoms in total. The Morgan fingerprint density at radius 1 is 1.07 bits per heavy atom. The molecule has 3 rings (SSSR count). The third-order valence-corrected chi connectivity index (χ3v) is 4.93. The highest BCUT2D eigenvalue weighted by atomic mass is 35.5. The number of carbonyl (C=O) groups is 1. The standard InChI is InChI=1S/C20H19Cl2N3O2/c1-12-4-5-15(21)10-18(12)23-20(26)17-6-7-25(24-17)11-27-16-8-13(2)19(22)14(3)9-16/h4-10H,11H2,1-3H3,(H,23,26). The van der Waals surface area contributed by atoms with Gasteiger partial charge < -0.3 is 10.1 Å². The van der Waals surface area contributed by atoms with Crippen LogP contribution in [0.5, 0.6) is 5.75 Å². The number of nitrogens with one attached hydrogen (secondary N) is 1. The van der Waals surface area contributed by atoms with Crippen molar-refractivity contribution in [2.45, 2.75) is 27.5 Å². The minimum absolute atomic E-state index is 0.185. The lowest BCUT2D eigenvalue weighted by atomic mass is 10.1. The van der Waals surface area contributed by atoms with Crippen LogP contribution in [-0.4, -0.2) is 15.7 Å². The van der Waals surface area contributed by atoms with Crippen LogP contribution in [0.4, 0.5) is 5.69 Å². The molecule has 0 saturated heterocycles. The van der Waals surface area contributed by atoms with E-state index in [1.54, 1.807) is 29.1 Å².